The van der Waals surface area contributed by atoms with E-state index in [1.54, 1.807) is 0 Å². The van der Waals surface area contributed by atoms with Crippen molar-refractivity contribution in [1.82, 2.24) is 5.32 Å². The van der Waals surface area contributed by atoms with E-state index < -0.39 is 24.1 Å². The van der Waals surface area contributed by atoms with Gasteiger partial charge in [-0.1, -0.05) is 0 Å². The summed E-state index contributed by atoms with van der Waals surface area (Å²) in [5.74, 6) is -3.18. The zero-order valence-electron chi connectivity index (χ0n) is 6.47. The molecular weight excluding hydrogens is 211 g/mol. The fourth-order valence-electron chi connectivity index (χ4n) is 1.32. The SMILES string of the molecule is Cl.O=C(O)C1NCCC1C(F)(F)F. The van der Waals surface area contributed by atoms with Crippen LogP contribution in [0.3, 0.4) is 0 Å². The molecule has 1 aliphatic rings. The van der Waals surface area contributed by atoms with Crippen LogP contribution in [0.25, 0.3) is 0 Å². The maximum absolute atomic E-state index is 12.1. The van der Waals surface area contributed by atoms with E-state index in [9.17, 15) is 18.0 Å². The number of aliphatic carboxylic acids is 1. The normalized spacial score (nSPS) is 28.2. The zero-order chi connectivity index (χ0) is 9.35. The van der Waals surface area contributed by atoms with Crippen molar-refractivity contribution in [2.45, 2.75) is 18.6 Å². The van der Waals surface area contributed by atoms with Crippen LogP contribution in [0, 0.1) is 5.92 Å². The zero-order valence-corrected chi connectivity index (χ0v) is 7.28. The molecule has 1 saturated heterocycles. The fraction of sp³-hybridized carbons (Fsp3) is 0.833. The van der Waals surface area contributed by atoms with E-state index in [-0.39, 0.29) is 25.4 Å². The molecular formula is C6H9ClF3NO2. The Bertz CT molecular complexity index is 197. The molecule has 2 unspecified atom stereocenters. The maximum atomic E-state index is 12.1. The molecule has 78 valence electrons. The molecule has 0 bridgehead atoms. The predicted molar refractivity (Wildman–Crippen MR) is 40.8 cm³/mol. The minimum Gasteiger partial charge on any atom is -0.480 e. The van der Waals surface area contributed by atoms with Crippen molar-refractivity contribution < 1.29 is 23.1 Å². The average Bonchev–Trinajstić information content (AvgIpc) is 2.30. The van der Waals surface area contributed by atoms with Gasteiger partial charge in [0.05, 0.1) is 5.92 Å². The highest BCUT2D eigenvalue weighted by Crippen LogP contribution is 2.34. The molecule has 3 nitrogen and oxygen atoms in total. The van der Waals surface area contributed by atoms with E-state index in [0.29, 0.717) is 0 Å². The number of alkyl halides is 3. The molecule has 1 aliphatic heterocycles. The number of hydrogen-bond acceptors (Lipinski definition) is 2. The van der Waals surface area contributed by atoms with E-state index in [0.717, 1.165) is 0 Å². The molecule has 1 fully saturated rings. The Morgan fingerprint density at radius 2 is 2.00 bits per heavy atom. The van der Waals surface area contributed by atoms with E-state index >= 15 is 0 Å². The number of carbonyl (C=O) groups is 1. The molecule has 0 aromatic heterocycles. The van der Waals surface area contributed by atoms with Gasteiger partial charge in [0.2, 0.25) is 0 Å². The Morgan fingerprint density at radius 1 is 1.46 bits per heavy atom. The Kier molecular flexibility index (Phi) is 3.99. The van der Waals surface area contributed by atoms with Gasteiger partial charge in [-0.05, 0) is 13.0 Å². The minimum atomic E-state index is -4.41. The lowest BCUT2D eigenvalue weighted by atomic mass is 10.0. The molecule has 0 aliphatic carbocycles. The first-order chi connectivity index (χ1) is 5.43. The quantitative estimate of drug-likeness (QED) is 0.693. The van der Waals surface area contributed by atoms with Gasteiger partial charge in [-0.15, -0.1) is 12.4 Å². The first-order valence-electron chi connectivity index (χ1n) is 3.46. The Balaban J connectivity index is 0.00000144. The van der Waals surface area contributed by atoms with Gasteiger partial charge in [-0.25, -0.2) is 0 Å². The van der Waals surface area contributed by atoms with Crippen molar-refractivity contribution in [2.75, 3.05) is 6.54 Å². The minimum absolute atomic E-state index is 0. The summed E-state index contributed by atoms with van der Waals surface area (Å²) in [4.78, 5) is 10.3. The van der Waals surface area contributed by atoms with E-state index in [1.807, 2.05) is 0 Å². The van der Waals surface area contributed by atoms with Crippen LogP contribution < -0.4 is 5.32 Å². The van der Waals surface area contributed by atoms with E-state index in [2.05, 4.69) is 5.32 Å². The molecule has 0 aromatic rings. The van der Waals surface area contributed by atoms with E-state index in [4.69, 9.17) is 5.11 Å². The van der Waals surface area contributed by atoms with Crippen LogP contribution in [-0.4, -0.2) is 29.8 Å². The molecule has 7 heteroatoms. The lowest BCUT2D eigenvalue weighted by Gasteiger charge is -2.18. The molecule has 2 atom stereocenters. The number of halogens is 4. The van der Waals surface area contributed by atoms with Crippen LogP contribution in [0.2, 0.25) is 0 Å². The second-order valence-electron chi connectivity index (χ2n) is 2.71. The molecule has 13 heavy (non-hydrogen) atoms. The van der Waals surface area contributed by atoms with Gasteiger partial charge < -0.3 is 10.4 Å². The van der Waals surface area contributed by atoms with Crippen molar-refractivity contribution in [1.29, 1.82) is 0 Å². The van der Waals surface area contributed by atoms with Crippen molar-refractivity contribution in [3.8, 4) is 0 Å². The predicted octanol–water partition coefficient (Wildman–Crippen LogP) is 1.03. The van der Waals surface area contributed by atoms with Crippen molar-refractivity contribution >= 4 is 18.4 Å². The van der Waals surface area contributed by atoms with Crippen LogP contribution >= 0.6 is 12.4 Å². The van der Waals surface area contributed by atoms with Gasteiger partial charge >= 0.3 is 12.1 Å². The molecule has 0 spiro atoms. The van der Waals surface area contributed by atoms with Gasteiger partial charge in [-0.3, -0.25) is 4.79 Å². The standard InChI is InChI=1S/C6H8F3NO2.ClH/c7-6(8,9)3-1-2-10-4(3)5(11)12;/h3-4,10H,1-2H2,(H,11,12);1H. The van der Waals surface area contributed by atoms with Gasteiger partial charge in [0.15, 0.2) is 0 Å². The van der Waals surface area contributed by atoms with Crippen LogP contribution in [0.15, 0.2) is 0 Å². The van der Waals surface area contributed by atoms with Gasteiger partial charge in [0.25, 0.3) is 0 Å². The molecule has 0 saturated carbocycles. The van der Waals surface area contributed by atoms with Gasteiger partial charge in [-0.2, -0.15) is 13.2 Å². The number of hydrogen-bond donors (Lipinski definition) is 2. The monoisotopic (exact) mass is 219 g/mol. The van der Waals surface area contributed by atoms with Crippen LogP contribution in [0.1, 0.15) is 6.42 Å². The topological polar surface area (TPSA) is 49.3 Å². The first-order valence-corrected chi connectivity index (χ1v) is 3.46. The lowest BCUT2D eigenvalue weighted by Crippen LogP contribution is -2.41. The number of nitrogens with one attached hydrogen (secondary N) is 1. The summed E-state index contributed by atoms with van der Waals surface area (Å²) in [6.45, 7) is 0.112. The summed E-state index contributed by atoms with van der Waals surface area (Å²) in [6, 6.07) is -1.47. The number of carboxylic acid groups (broad SMARTS) is 1. The van der Waals surface area contributed by atoms with Crippen LogP contribution in [0.4, 0.5) is 13.2 Å². The third kappa shape index (κ3) is 2.73. The molecule has 0 radical (unpaired) electrons. The Labute approximate surface area is 78.7 Å². The molecule has 0 aromatic carbocycles. The smallest absolute Gasteiger partial charge is 0.393 e. The summed E-state index contributed by atoms with van der Waals surface area (Å²) in [5, 5.41) is 10.7. The third-order valence-corrected chi connectivity index (χ3v) is 1.91. The largest absolute Gasteiger partial charge is 0.480 e. The van der Waals surface area contributed by atoms with Crippen molar-refractivity contribution in [3.63, 3.8) is 0 Å². The average molecular weight is 220 g/mol. The van der Waals surface area contributed by atoms with Crippen molar-refractivity contribution in [3.05, 3.63) is 0 Å². The van der Waals surface area contributed by atoms with Gasteiger partial charge in [0, 0.05) is 0 Å². The molecule has 2 N–H and O–H groups in total. The Hall–Kier alpha value is -0.490. The summed E-state index contributed by atoms with van der Waals surface area (Å²) in [7, 11) is 0. The fourth-order valence-corrected chi connectivity index (χ4v) is 1.32. The summed E-state index contributed by atoms with van der Waals surface area (Å²) < 4.78 is 36.2. The second-order valence-corrected chi connectivity index (χ2v) is 2.71. The molecule has 0 amide bonds. The third-order valence-electron chi connectivity index (χ3n) is 1.91. The van der Waals surface area contributed by atoms with Crippen molar-refractivity contribution in [2.24, 2.45) is 5.92 Å². The first kappa shape index (κ1) is 12.5. The highest BCUT2D eigenvalue weighted by atomic mass is 35.5. The van der Waals surface area contributed by atoms with Crippen LogP contribution in [-0.2, 0) is 4.79 Å². The van der Waals surface area contributed by atoms with Gasteiger partial charge in [0.1, 0.15) is 6.04 Å². The lowest BCUT2D eigenvalue weighted by molar-refractivity contribution is -0.183. The number of carboxylic acids is 1. The number of rotatable bonds is 1. The summed E-state index contributed by atoms with van der Waals surface area (Å²) in [6.07, 6.45) is -4.56. The molecule has 1 heterocycles. The Morgan fingerprint density at radius 3 is 2.31 bits per heavy atom. The van der Waals surface area contributed by atoms with E-state index in [1.165, 1.54) is 0 Å². The highest BCUT2D eigenvalue weighted by Gasteiger charge is 2.49. The maximum Gasteiger partial charge on any atom is 0.393 e. The summed E-state index contributed by atoms with van der Waals surface area (Å²) >= 11 is 0. The highest BCUT2D eigenvalue weighted by molar-refractivity contribution is 5.85. The van der Waals surface area contributed by atoms with Crippen LogP contribution in [0.5, 0.6) is 0 Å². The summed E-state index contributed by atoms with van der Waals surface area (Å²) in [5.41, 5.74) is 0. The second kappa shape index (κ2) is 4.15. The molecule has 1 rings (SSSR count).